The molecule has 0 saturated heterocycles. The summed E-state index contributed by atoms with van der Waals surface area (Å²) in [5.74, 6) is -1.03. The van der Waals surface area contributed by atoms with Gasteiger partial charge in [0.15, 0.2) is 5.65 Å². The molecule has 0 aromatic carbocycles. The second kappa shape index (κ2) is 8.93. The summed E-state index contributed by atoms with van der Waals surface area (Å²) >= 11 is 0. The van der Waals surface area contributed by atoms with E-state index < -0.39 is 24.9 Å². The largest absolute Gasteiger partial charge is 0.389 e. The van der Waals surface area contributed by atoms with Gasteiger partial charge in [-0.3, -0.25) is 9.59 Å². The lowest BCUT2D eigenvalue weighted by atomic mass is 10.2. The van der Waals surface area contributed by atoms with E-state index in [0.717, 1.165) is 0 Å². The van der Waals surface area contributed by atoms with E-state index in [1.165, 1.54) is 17.0 Å². The van der Waals surface area contributed by atoms with Gasteiger partial charge in [0.05, 0.1) is 36.7 Å². The van der Waals surface area contributed by atoms with Crippen LogP contribution in [-0.4, -0.2) is 37.7 Å². The van der Waals surface area contributed by atoms with Crippen molar-refractivity contribution in [1.29, 1.82) is 0 Å². The smallest absolute Gasteiger partial charge is 0.364 e. The molecule has 0 fully saturated rings. The quantitative estimate of drug-likeness (QED) is 0.573. The van der Waals surface area contributed by atoms with E-state index in [1.54, 1.807) is 12.3 Å². The van der Waals surface area contributed by atoms with E-state index in [2.05, 4.69) is 25.9 Å². The van der Waals surface area contributed by atoms with Crippen LogP contribution in [0.3, 0.4) is 0 Å². The predicted molar refractivity (Wildman–Crippen MR) is 97.2 cm³/mol. The van der Waals surface area contributed by atoms with Gasteiger partial charge in [-0.05, 0) is 18.1 Å². The zero-order chi connectivity index (χ0) is 21.7. The van der Waals surface area contributed by atoms with Gasteiger partial charge in [-0.2, -0.15) is 18.3 Å². The van der Waals surface area contributed by atoms with E-state index in [9.17, 15) is 22.8 Å². The Bertz CT molecular complexity index is 1040. The Labute approximate surface area is 168 Å². The summed E-state index contributed by atoms with van der Waals surface area (Å²) in [6.07, 6.45) is -1.20. The Morgan fingerprint density at radius 3 is 2.77 bits per heavy atom. The first kappa shape index (κ1) is 21.3. The second-order valence-corrected chi connectivity index (χ2v) is 6.50. The molecular formula is C18H19F3N6O3. The van der Waals surface area contributed by atoms with Crippen LogP contribution in [0.2, 0.25) is 0 Å². The van der Waals surface area contributed by atoms with Gasteiger partial charge < -0.3 is 15.2 Å². The third-order valence-electron chi connectivity index (χ3n) is 4.21. The number of amides is 2. The van der Waals surface area contributed by atoms with Crippen LogP contribution in [0.4, 0.5) is 13.2 Å². The predicted octanol–water partition coefficient (Wildman–Crippen LogP) is 2.17. The highest BCUT2D eigenvalue weighted by Crippen LogP contribution is 2.21. The van der Waals surface area contributed by atoms with Crippen molar-refractivity contribution in [3.8, 4) is 0 Å². The van der Waals surface area contributed by atoms with Crippen LogP contribution in [0.25, 0.3) is 5.65 Å². The monoisotopic (exact) mass is 424 g/mol. The van der Waals surface area contributed by atoms with Crippen molar-refractivity contribution >= 4 is 17.5 Å². The third kappa shape index (κ3) is 5.55. The number of rotatable bonds is 8. The Morgan fingerprint density at radius 2 is 2.03 bits per heavy atom. The lowest BCUT2D eigenvalue weighted by Crippen LogP contribution is -2.24. The number of aryl methyl sites for hydroxylation is 1. The summed E-state index contributed by atoms with van der Waals surface area (Å²) in [5, 5.41) is 13.1. The minimum absolute atomic E-state index is 0.0341. The van der Waals surface area contributed by atoms with Crippen molar-refractivity contribution in [2.45, 2.75) is 45.5 Å². The van der Waals surface area contributed by atoms with E-state index in [1.807, 2.05) is 6.92 Å². The highest BCUT2D eigenvalue weighted by molar-refractivity contribution is 5.94. The summed E-state index contributed by atoms with van der Waals surface area (Å²) in [6.45, 7) is 2.05. The number of hydrogen-bond acceptors (Lipinski definition) is 6. The molecule has 3 aromatic heterocycles. The maximum absolute atomic E-state index is 12.2. The summed E-state index contributed by atoms with van der Waals surface area (Å²) < 4.78 is 42.8. The number of nitrogens with zero attached hydrogens (tertiary/aromatic N) is 4. The lowest BCUT2D eigenvalue weighted by Gasteiger charge is -2.07. The van der Waals surface area contributed by atoms with Crippen molar-refractivity contribution in [2.24, 2.45) is 0 Å². The third-order valence-corrected chi connectivity index (χ3v) is 4.21. The molecule has 30 heavy (non-hydrogen) atoms. The fraction of sp³-hybridized carbons (Fsp3) is 0.389. The van der Waals surface area contributed by atoms with Crippen LogP contribution in [0, 0.1) is 0 Å². The molecule has 9 nitrogen and oxygen atoms in total. The van der Waals surface area contributed by atoms with Crippen molar-refractivity contribution in [3.05, 3.63) is 47.2 Å². The molecule has 0 aliphatic rings. The van der Waals surface area contributed by atoms with Gasteiger partial charge in [0.1, 0.15) is 11.8 Å². The fourth-order valence-electron chi connectivity index (χ4n) is 2.66. The number of nitrogens with one attached hydrogen (secondary N) is 2. The highest BCUT2D eigenvalue weighted by Gasteiger charge is 2.27. The highest BCUT2D eigenvalue weighted by atomic mass is 19.4. The molecule has 0 unspecified atom stereocenters. The number of alkyl halides is 3. The fourth-order valence-corrected chi connectivity index (χ4v) is 2.66. The van der Waals surface area contributed by atoms with Gasteiger partial charge in [-0.1, -0.05) is 12.1 Å². The average Bonchev–Trinajstić information content (AvgIpc) is 3.34. The molecule has 2 N–H and O–H groups in total. The molecule has 0 aliphatic carbocycles. The molecular weight excluding hydrogens is 405 g/mol. The molecule has 0 radical (unpaired) electrons. The maximum Gasteiger partial charge on any atom is 0.389 e. The summed E-state index contributed by atoms with van der Waals surface area (Å²) in [6, 6.07) is 1.65. The summed E-state index contributed by atoms with van der Waals surface area (Å²) in [7, 11) is 0. The number of carbonyl (C=O) groups excluding carboxylic acids is 2. The normalized spacial score (nSPS) is 11.6. The Morgan fingerprint density at radius 1 is 1.23 bits per heavy atom. The number of imidazole rings is 1. The molecule has 160 valence electrons. The minimum Gasteiger partial charge on any atom is -0.364 e. The van der Waals surface area contributed by atoms with Crippen molar-refractivity contribution < 1.29 is 27.3 Å². The first-order valence-corrected chi connectivity index (χ1v) is 9.13. The molecule has 0 spiro atoms. The van der Waals surface area contributed by atoms with E-state index in [4.69, 9.17) is 4.52 Å². The summed E-state index contributed by atoms with van der Waals surface area (Å²) in [5.41, 5.74) is 2.53. The molecule has 3 heterocycles. The zero-order valence-corrected chi connectivity index (χ0v) is 16.0. The van der Waals surface area contributed by atoms with E-state index >= 15 is 0 Å². The zero-order valence-electron chi connectivity index (χ0n) is 16.0. The lowest BCUT2D eigenvalue weighted by molar-refractivity contribution is -0.144. The topological polar surface area (TPSA) is 114 Å². The van der Waals surface area contributed by atoms with Gasteiger partial charge in [-0.15, -0.1) is 0 Å². The number of carbonyl (C=O) groups is 2. The van der Waals surface area contributed by atoms with Crippen molar-refractivity contribution in [3.63, 3.8) is 0 Å². The number of hydrogen-bond donors (Lipinski definition) is 2. The van der Waals surface area contributed by atoms with Crippen molar-refractivity contribution in [2.75, 3.05) is 0 Å². The molecule has 2 amide bonds. The van der Waals surface area contributed by atoms with E-state index in [-0.39, 0.29) is 19.0 Å². The standard InChI is InChI=1S/C18H19F3N6O3/c1-2-14-13(10-30-26-14)17(29)23-8-12-9-27-15(25-12)5-11(7-24-27)6-22-16(28)3-4-18(19,20)21/h5,7,9-10H,2-4,6,8H2,1H3,(H,22,28)(H,23,29). The average molecular weight is 424 g/mol. The van der Waals surface area contributed by atoms with E-state index in [0.29, 0.717) is 34.6 Å². The van der Waals surface area contributed by atoms with Crippen LogP contribution in [0.1, 0.15) is 47.1 Å². The number of fused-ring (bicyclic) bond motifs is 1. The first-order valence-electron chi connectivity index (χ1n) is 9.13. The molecule has 0 saturated carbocycles. The molecule has 0 bridgehead atoms. The Hall–Kier alpha value is -3.44. The van der Waals surface area contributed by atoms with Gasteiger partial charge in [0, 0.05) is 13.0 Å². The number of aromatic nitrogens is 4. The van der Waals surface area contributed by atoms with Crippen LogP contribution in [-0.2, 0) is 24.3 Å². The molecule has 0 atom stereocenters. The molecule has 3 aromatic rings. The van der Waals surface area contributed by atoms with Gasteiger partial charge in [-0.25, -0.2) is 9.50 Å². The van der Waals surface area contributed by atoms with Crippen LogP contribution >= 0.6 is 0 Å². The Balaban J connectivity index is 1.56. The second-order valence-electron chi connectivity index (χ2n) is 6.50. The van der Waals surface area contributed by atoms with Crippen LogP contribution < -0.4 is 10.6 Å². The van der Waals surface area contributed by atoms with Gasteiger partial charge in [0.2, 0.25) is 5.91 Å². The van der Waals surface area contributed by atoms with Gasteiger partial charge >= 0.3 is 6.18 Å². The van der Waals surface area contributed by atoms with Crippen LogP contribution in [0.5, 0.6) is 0 Å². The summed E-state index contributed by atoms with van der Waals surface area (Å²) in [4.78, 5) is 28.1. The number of halogens is 3. The van der Waals surface area contributed by atoms with Crippen molar-refractivity contribution in [1.82, 2.24) is 30.4 Å². The minimum atomic E-state index is -4.37. The first-order chi connectivity index (χ1) is 14.2. The molecule has 3 rings (SSSR count). The maximum atomic E-state index is 12.2. The molecule has 0 aliphatic heterocycles. The Kier molecular flexibility index (Phi) is 6.33. The SMILES string of the molecule is CCc1nocc1C(=O)NCc1cn2ncc(CNC(=O)CCC(F)(F)F)cc2n1. The van der Waals surface area contributed by atoms with Crippen LogP contribution in [0.15, 0.2) is 29.2 Å². The molecule has 12 heteroatoms. The van der Waals surface area contributed by atoms with Gasteiger partial charge in [0.25, 0.3) is 5.91 Å².